The molecule has 2 aromatic rings. The Morgan fingerprint density at radius 1 is 1.53 bits per heavy atom. The summed E-state index contributed by atoms with van der Waals surface area (Å²) in [5.41, 5.74) is 0.660. The predicted octanol–water partition coefficient (Wildman–Crippen LogP) is 1.33. The monoisotopic (exact) mass is 270 g/mol. The number of hydrogen-bond donors (Lipinski definition) is 2. The van der Waals surface area contributed by atoms with Crippen molar-refractivity contribution >= 4 is 32.9 Å². The number of aromatic amines is 1. The van der Waals surface area contributed by atoms with Gasteiger partial charge in [0, 0.05) is 11.5 Å². The van der Waals surface area contributed by atoms with E-state index in [-0.39, 0.29) is 11.3 Å². The molecule has 1 aromatic heterocycles. The first-order chi connectivity index (χ1) is 7.00. The van der Waals surface area contributed by atoms with Crippen LogP contribution in [0.3, 0.4) is 0 Å². The zero-order valence-corrected chi connectivity index (χ0v) is 9.33. The van der Waals surface area contributed by atoms with Gasteiger partial charge < -0.3 is 10.1 Å². The number of carbonyl (C=O) groups is 1. The Balaban J connectivity index is 2.99. The average molecular weight is 271 g/mol. The second kappa shape index (κ2) is 3.23. The SMILES string of the molecule is Cn1c(=O)[nH]c2c(C(=O)O)cc(Br)cc21. The van der Waals surface area contributed by atoms with E-state index in [2.05, 4.69) is 20.9 Å². The number of rotatable bonds is 1. The minimum Gasteiger partial charge on any atom is -0.478 e. The van der Waals surface area contributed by atoms with Gasteiger partial charge in [0.05, 0.1) is 16.6 Å². The van der Waals surface area contributed by atoms with Crippen molar-refractivity contribution in [3.05, 3.63) is 32.7 Å². The quantitative estimate of drug-likeness (QED) is 0.821. The van der Waals surface area contributed by atoms with E-state index in [4.69, 9.17) is 5.11 Å². The molecule has 0 unspecified atom stereocenters. The van der Waals surface area contributed by atoms with Crippen molar-refractivity contribution in [2.75, 3.05) is 0 Å². The van der Waals surface area contributed by atoms with Crippen molar-refractivity contribution in [2.24, 2.45) is 7.05 Å². The molecule has 0 bridgehead atoms. The largest absolute Gasteiger partial charge is 0.478 e. The second-order valence-electron chi connectivity index (χ2n) is 3.14. The lowest BCUT2D eigenvalue weighted by Crippen LogP contribution is -2.11. The van der Waals surface area contributed by atoms with Gasteiger partial charge in [-0.25, -0.2) is 9.59 Å². The van der Waals surface area contributed by atoms with Gasteiger partial charge in [0.25, 0.3) is 0 Å². The predicted molar refractivity (Wildman–Crippen MR) is 58.2 cm³/mol. The highest BCUT2D eigenvalue weighted by molar-refractivity contribution is 9.10. The fourth-order valence-corrected chi connectivity index (χ4v) is 1.90. The summed E-state index contributed by atoms with van der Waals surface area (Å²) < 4.78 is 1.99. The maximum atomic E-state index is 11.3. The zero-order valence-electron chi connectivity index (χ0n) is 7.74. The van der Waals surface area contributed by atoms with Crippen LogP contribution < -0.4 is 5.69 Å². The maximum absolute atomic E-state index is 11.3. The topological polar surface area (TPSA) is 75.1 Å². The first-order valence-electron chi connectivity index (χ1n) is 4.12. The molecule has 2 N–H and O–H groups in total. The summed E-state index contributed by atoms with van der Waals surface area (Å²) in [5, 5.41) is 8.96. The van der Waals surface area contributed by atoms with Crippen molar-refractivity contribution in [1.29, 1.82) is 0 Å². The van der Waals surface area contributed by atoms with Crippen LogP contribution in [0.1, 0.15) is 10.4 Å². The Hall–Kier alpha value is -1.56. The van der Waals surface area contributed by atoms with Crippen LogP contribution in [0.2, 0.25) is 0 Å². The summed E-state index contributed by atoms with van der Waals surface area (Å²) in [6.07, 6.45) is 0. The molecule has 0 spiro atoms. The smallest absolute Gasteiger partial charge is 0.337 e. The number of nitrogens with one attached hydrogen (secondary N) is 1. The molecule has 0 saturated carbocycles. The summed E-state index contributed by atoms with van der Waals surface area (Å²) in [4.78, 5) is 24.8. The van der Waals surface area contributed by atoms with Crippen molar-refractivity contribution in [2.45, 2.75) is 0 Å². The number of aryl methyl sites for hydroxylation is 1. The molecule has 1 aromatic carbocycles. The number of H-pyrrole nitrogens is 1. The Kier molecular flexibility index (Phi) is 2.15. The number of halogens is 1. The maximum Gasteiger partial charge on any atom is 0.337 e. The highest BCUT2D eigenvalue weighted by atomic mass is 79.9. The third-order valence-corrected chi connectivity index (χ3v) is 2.67. The normalized spacial score (nSPS) is 10.8. The average Bonchev–Trinajstić information content (AvgIpc) is 2.43. The van der Waals surface area contributed by atoms with E-state index in [1.165, 1.54) is 10.6 Å². The minimum atomic E-state index is -1.07. The molecule has 78 valence electrons. The van der Waals surface area contributed by atoms with Crippen molar-refractivity contribution < 1.29 is 9.90 Å². The van der Waals surface area contributed by atoms with Gasteiger partial charge in [-0.15, -0.1) is 0 Å². The van der Waals surface area contributed by atoms with Crippen LogP contribution in [0, 0.1) is 0 Å². The van der Waals surface area contributed by atoms with Gasteiger partial charge in [-0.2, -0.15) is 0 Å². The molecule has 15 heavy (non-hydrogen) atoms. The zero-order chi connectivity index (χ0) is 11.2. The number of nitrogens with zero attached hydrogens (tertiary/aromatic N) is 1. The molecule has 1 heterocycles. The summed E-state index contributed by atoms with van der Waals surface area (Å²) in [7, 11) is 1.58. The fourth-order valence-electron chi connectivity index (χ4n) is 1.46. The Morgan fingerprint density at radius 3 is 2.80 bits per heavy atom. The number of carboxylic acid groups (broad SMARTS) is 1. The van der Waals surface area contributed by atoms with Crippen molar-refractivity contribution in [3.8, 4) is 0 Å². The van der Waals surface area contributed by atoms with Gasteiger partial charge in [-0.05, 0) is 12.1 Å². The molecule has 0 aliphatic carbocycles. The van der Waals surface area contributed by atoms with Crippen LogP contribution in [0.5, 0.6) is 0 Å². The standard InChI is InChI=1S/C9H7BrN2O3/c1-12-6-3-4(10)2-5(8(13)14)7(6)11-9(12)15/h2-3H,1H3,(H,11,15)(H,13,14). The molecule has 0 radical (unpaired) electrons. The Morgan fingerprint density at radius 2 is 2.20 bits per heavy atom. The summed E-state index contributed by atoms with van der Waals surface area (Å²) in [6, 6.07) is 3.15. The summed E-state index contributed by atoms with van der Waals surface area (Å²) in [5.74, 6) is -1.07. The van der Waals surface area contributed by atoms with Crippen LogP contribution in [-0.4, -0.2) is 20.6 Å². The number of benzene rings is 1. The number of carboxylic acids is 1. The number of imidazole rings is 1. The lowest BCUT2D eigenvalue weighted by Gasteiger charge is -1.99. The van der Waals surface area contributed by atoms with E-state index >= 15 is 0 Å². The lowest BCUT2D eigenvalue weighted by atomic mass is 10.2. The highest BCUT2D eigenvalue weighted by Crippen LogP contribution is 2.21. The van der Waals surface area contributed by atoms with Gasteiger partial charge in [0.1, 0.15) is 0 Å². The van der Waals surface area contributed by atoms with Gasteiger partial charge >= 0.3 is 11.7 Å². The van der Waals surface area contributed by atoms with Crippen LogP contribution in [0.4, 0.5) is 0 Å². The molecule has 2 rings (SSSR count). The molecule has 0 aliphatic rings. The van der Waals surface area contributed by atoms with Crippen LogP contribution in [0.25, 0.3) is 11.0 Å². The number of hydrogen-bond acceptors (Lipinski definition) is 2. The van der Waals surface area contributed by atoms with Crippen molar-refractivity contribution in [1.82, 2.24) is 9.55 Å². The molecule has 0 fully saturated rings. The van der Waals surface area contributed by atoms with Gasteiger partial charge in [0.15, 0.2) is 0 Å². The van der Waals surface area contributed by atoms with Crippen LogP contribution >= 0.6 is 15.9 Å². The van der Waals surface area contributed by atoms with Gasteiger partial charge in [0.2, 0.25) is 0 Å². The van der Waals surface area contributed by atoms with Crippen molar-refractivity contribution in [3.63, 3.8) is 0 Å². The van der Waals surface area contributed by atoms with Crippen LogP contribution in [-0.2, 0) is 7.05 Å². The Bertz CT molecular complexity index is 612. The van der Waals surface area contributed by atoms with Crippen LogP contribution in [0.15, 0.2) is 21.4 Å². The highest BCUT2D eigenvalue weighted by Gasteiger charge is 2.14. The molecule has 0 aliphatic heterocycles. The van der Waals surface area contributed by atoms with E-state index in [0.717, 1.165) is 0 Å². The van der Waals surface area contributed by atoms with E-state index < -0.39 is 5.97 Å². The third-order valence-electron chi connectivity index (χ3n) is 2.21. The third kappa shape index (κ3) is 1.46. The summed E-state index contributed by atoms with van der Waals surface area (Å²) >= 11 is 3.20. The first-order valence-corrected chi connectivity index (χ1v) is 4.91. The minimum absolute atomic E-state index is 0.0806. The fraction of sp³-hybridized carbons (Fsp3) is 0.111. The molecular weight excluding hydrogens is 264 g/mol. The Labute approximate surface area is 92.5 Å². The number of aromatic carboxylic acids is 1. The molecule has 5 nitrogen and oxygen atoms in total. The number of aromatic nitrogens is 2. The van der Waals surface area contributed by atoms with E-state index in [1.807, 2.05) is 0 Å². The second-order valence-corrected chi connectivity index (χ2v) is 4.06. The molecular formula is C9H7BrN2O3. The number of fused-ring (bicyclic) bond motifs is 1. The van der Waals surface area contributed by atoms with E-state index in [1.54, 1.807) is 13.1 Å². The first kappa shape index (κ1) is 9.97. The lowest BCUT2D eigenvalue weighted by molar-refractivity contribution is 0.0699. The van der Waals surface area contributed by atoms with Gasteiger partial charge in [-0.3, -0.25) is 4.57 Å². The molecule has 6 heteroatoms. The molecule has 0 atom stereocenters. The molecule has 0 amide bonds. The summed E-state index contributed by atoms with van der Waals surface area (Å²) in [6.45, 7) is 0. The van der Waals surface area contributed by atoms with E-state index in [0.29, 0.717) is 15.5 Å². The van der Waals surface area contributed by atoms with E-state index in [9.17, 15) is 9.59 Å². The molecule has 0 saturated heterocycles. The van der Waals surface area contributed by atoms with Gasteiger partial charge in [-0.1, -0.05) is 15.9 Å².